The van der Waals surface area contributed by atoms with E-state index in [1.54, 1.807) is 19.0 Å². The lowest BCUT2D eigenvalue weighted by molar-refractivity contribution is 0.0819. The zero-order valence-electron chi connectivity index (χ0n) is 16.0. The predicted molar refractivity (Wildman–Crippen MR) is 101 cm³/mol. The number of benzene rings is 1. The highest BCUT2D eigenvalue weighted by Gasteiger charge is 2.29. The molecule has 0 radical (unpaired) electrons. The summed E-state index contributed by atoms with van der Waals surface area (Å²) >= 11 is 0. The normalized spacial score (nSPS) is 16.4. The van der Waals surface area contributed by atoms with Crippen molar-refractivity contribution in [2.75, 3.05) is 14.1 Å². The molecular weight excluding hydrogens is 329 g/mol. The van der Waals surface area contributed by atoms with Gasteiger partial charge in [-0.25, -0.2) is 4.39 Å². The lowest BCUT2D eigenvalue weighted by Gasteiger charge is -2.24. The van der Waals surface area contributed by atoms with Gasteiger partial charge in [-0.2, -0.15) is 5.10 Å². The number of hydrogen-bond donors (Lipinski definition) is 0. The second-order valence-electron chi connectivity index (χ2n) is 7.47. The molecule has 1 aliphatic rings. The summed E-state index contributed by atoms with van der Waals surface area (Å²) in [6.07, 6.45) is 6.03. The summed E-state index contributed by atoms with van der Waals surface area (Å²) < 4.78 is 15.1. The highest BCUT2D eigenvalue weighted by atomic mass is 19.1. The van der Waals surface area contributed by atoms with E-state index in [0.29, 0.717) is 11.6 Å². The molecule has 5 heteroatoms. The molecule has 140 valence electrons. The highest BCUT2D eigenvalue weighted by molar-refractivity contribution is 5.93. The molecule has 0 aliphatic heterocycles. The Morgan fingerprint density at radius 2 is 2.04 bits per heavy atom. The molecule has 0 saturated heterocycles. The van der Waals surface area contributed by atoms with Crippen LogP contribution in [0.25, 0.3) is 0 Å². The zero-order chi connectivity index (χ0) is 18.7. The number of aromatic nitrogens is 2. The molecule has 0 bridgehead atoms. The van der Waals surface area contributed by atoms with Crippen molar-refractivity contribution in [2.45, 2.75) is 52.0 Å². The van der Waals surface area contributed by atoms with Gasteiger partial charge >= 0.3 is 0 Å². The van der Waals surface area contributed by atoms with Crippen LogP contribution in [-0.4, -0.2) is 34.7 Å². The Hall–Kier alpha value is -2.17. The van der Waals surface area contributed by atoms with Crippen LogP contribution in [0.1, 0.15) is 53.5 Å². The van der Waals surface area contributed by atoms with Crippen molar-refractivity contribution in [1.82, 2.24) is 14.7 Å². The average Bonchev–Trinajstić information content (AvgIpc) is 2.98. The van der Waals surface area contributed by atoms with Crippen molar-refractivity contribution >= 4 is 5.91 Å². The van der Waals surface area contributed by atoms with E-state index in [2.05, 4.69) is 12.0 Å². The van der Waals surface area contributed by atoms with Crippen LogP contribution in [0.15, 0.2) is 24.3 Å². The Labute approximate surface area is 155 Å². The molecule has 0 fully saturated rings. The molecule has 1 heterocycles. The maximum atomic E-state index is 13.1. The molecule has 4 nitrogen and oxygen atoms in total. The Bertz CT molecular complexity index is 764. The minimum absolute atomic E-state index is 0.00436. The molecule has 1 aromatic carbocycles. The van der Waals surface area contributed by atoms with Gasteiger partial charge in [0, 0.05) is 31.9 Å². The summed E-state index contributed by atoms with van der Waals surface area (Å²) in [6.45, 7) is 3.00. The number of rotatable bonds is 6. The van der Waals surface area contributed by atoms with Crippen LogP contribution in [0.2, 0.25) is 0 Å². The number of aryl methyl sites for hydroxylation is 2. The molecule has 1 amide bonds. The van der Waals surface area contributed by atoms with Crippen LogP contribution in [0.5, 0.6) is 0 Å². The van der Waals surface area contributed by atoms with Crippen molar-refractivity contribution < 1.29 is 9.18 Å². The summed E-state index contributed by atoms with van der Waals surface area (Å²) in [5, 5.41) is 4.65. The van der Waals surface area contributed by atoms with E-state index in [9.17, 15) is 9.18 Å². The van der Waals surface area contributed by atoms with Gasteiger partial charge in [-0.1, -0.05) is 19.1 Å². The minimum Gasteiger partial charge on any atom is -0.343 e. The smallest absolute Gasteiger partial charge is 0.274 e. The van der Waals surface area contributed by atoms with Gasteiger partial charge in [0.1, 0.15) is 5.82 Å². The van der Waals surface area contributed by atoms with Gasteiger partial charge in [-0.15, -0.1) is 0 Å². The Balaban J connectivity index is 1.75. The summed E-state index contributed by atoms with van der Waals surface area (Å²) in [5.41, 5.74) is 4.19. The highest BCUT2D eigenvalue weighted by Crippen LogP contribution is 2.31. The minimum atomic E-state index is -0.189. The largest absolute Gasteiger partial charge is 0.343 e. The number of hydrogen-bond acceptors (Lipinski definition) is 2. The van der Waals surface area contributed by atoms with E-state index in [1.165, 1.54) is 23.4 Å². The number of fused-ring (bicyclic) bond motifs is 1. The van der Waals surface area contributed by atoms with Crippen molar-refractivity contribution in [3.63, 3.8) is 0 Å². The summed E-state index contributed by atoms with van der Waals surface area (Å²) in [5.74, 6) is 0.349. The molecule has 1 atom stereocenters. The molecule has 0 saturated carbocycles. The summed E-state index contributed by atoms with van der Waals surface area (Å²) in [7, 11) is 3.56. The fourth-order valence-electron chi connectivity index (χ4n) is 3.81. The first kappa shape index (κ1) is 18.6. The molecule has 3 rings (SSSR count). The average molecular weight is 357 g/mol. The van der Waals surface area contributed by atoms with Gasteiger partial charge in [0.2, 0.25) is 0 Å². The second-order valence-corrected chi connectivity index (χ2v) is 7.47. The van der Waals surface area contributed by atoms with Gasteiger partial charge in [0.05, 0.1) is 0 Å². The van der Waals surface area contributed by atoms with Crippen molar-refractivity contribution in [3.8, 4) is 0 Å². The van der Waals surface area contributed by atoms with E-state index in [0.717, 1.165) is 50.6 Å². The molecule has 0 spiro atoms. The quantitative estimate of drug-likeness (QED) is 0.787. The number of carbonyl (C=O) groups is 1. The van der Waals surface area contributed by atoms with Crippen molar-refractivity contribution in [3.05, 3.63) is 52.6 Å². The van der Waals surface area contributed by atoms with Crippen LogP contribution >= 0.6 is 0 Å². The van der Waals surface area contributed by atoms with Crippen LogP contribution in [-0.2, 0) is 25.8 Å². The van der Waals surface area contributed by atoms with Crippen LogP contribution in [0.4, 0.5) is 4.39 Å². The lowest BCUT2D eigenvalue weighted by Crippen LogP contribution is -2.24. The number of carbonyl (C=O) groups excluding carboxylic acids is 1. The monoisotopic (exact) mass is 357 g/mol. The standard InChI is InChI=1S/C21H28FN3O/c1-4-13-25-19-12-9-16(6-5-15-7-10-17(22)11-8-15)14-18(19)20(23-25)21(26)24(2)3/h7-8,10-11,16H,4-6,9,12-14H2,1-3H3. The molecule has 1 unspecified atom stereocenters. The number of halogens is 1. The molecule has 1 aliphatic carbocycles. The molecule has 1 aromatic heterocycles. The second kappa shape index (κ2) is 8.02. The maximum absolute atomic E-state index is 13.1. The maximum Gasteiger partial charge on any atom is 0.274 e. The van der Waals surface area contributed by atoms with Gasteiger partial charge < -0.3 is 4.90 Å². The fraction of sp³-hybridized carbons (Fsp3) is 0.524. The van der Waals surface area contributed by atoms with E-state index < -0.39 is 0 Å². The summed E-state index contributed by atoms with van der Waals surface area (Å²) in [4.78, 5) is 14.2. The molecule has 26 heavy (non-hydrogen) atoms. The van der Waals surface area contributed by atoms with Gasteiger partial charge in [-0.3, -0.25) is 9.48 Å². The third-order valence-electron chi connectivity index (χ3n) is 5.25. The third kappa shape index (κ3) is 3.97. The lowest BCUT2D eigenvalue weighted by atomic mass is 9.82. The first-order valence-electron chi connectivity index (χ1n) is 9.54. The van der Waals surface area contributed by atoms with Crippen LogP contribution < -0.4 is 0 Å². The van der Waals surface area contributed by atoms with Crippen molar-refractivity contribution in [1.29, 1.82) is 0 Å². The van der Waals surface area contributed by atoms with E-state index in [1.807, 2.05) is 16.8 Å². The van der Waals surface area contributed by atoms with E-state index in [-0.39, 0.29) is 11.7 Å². The first-order valence-corrected chi connectivity index (χ1v) is 9.54. The van der Waals surface area contributed by atoms with Crippen LogP contribution in [0, 0.1) is 11.7 Å². The number of amides is 1. The van der Waals surface area contributed by atoms with Gasteiger partial charge in [-0.05, 0) is 62.1 Å². The molecular formula is C21H28FN3O. The fourth-order valence-corrected chi connectivity index (χ4v) is 3.81. The SMILES string of the molecule is CCCn1nc(C(=O)N(C)C)c2c1CCC(CCc1ccc(F)cc1)C2. The van der Waals surface area contributed by atoms with Gasteiger partial charge in [0.15, 0.2) is 5.69 Å². The van der Waals surface area contributed by atoms with Crippen molar-refractivity contribution in [2.24, 2.45) is 5.92 Å². The Morgan fingerprint density at radius 3 is 2.69 bits per heavy atom. The van der Waals surface area contributed by atoms with E-state index >= 15 is 0 Å². The van der Waals surface area contributed by atoms with Crippen LogP contribution in [0.3, 0.4) is 0 Å². The topological polar surface area (TPSA) is 38.1 Å². The van der Waals surface area contributed by atoms with Gasteiger partial charge in [0.25, 0.3) is 5.91 Å². The zero-order valence-corrected chi connectivity index (χ0v) is 16.0. The Kier molecular flexibility index (Phi) is 5.74. The van der Waals surface area contributed by atoms with E-state index in [4.69, 9.17) is 0 Å². The summed E-state index contributed by atoms with van der Waals surface area (Å²) in [6, 6.07) is 6.78. The number of nitrogens with zero attached hydrogens (tertiary/aromatic N) is 3. The Morgan fingerprint density at radius 1 is 1.31 bits per heavy atom. The first-order chi connectivity index (χ1) is 12.5. The predicted octanol–water partition coefficient (Wildman–Crippen LogP) is 3.87. The molecule has 2 aromatic rings. The molecule has 0 N–H and O–H groups in total. The third-order valence-corrected chi connectivity index (χ3v) is 5.25.